The van der Waals surface area contributed by atoms with Gasteiger partial charge in [0, 0.05) is 7.11 Å². The molecule has 5 nitrogen and oxygen atoms in total. The maximum Gasteiger partial charge on any atom is 0.501 e. The van der Waals surface area contributed by atoms with Crippen molar-refractivity contribution in [3.8, 4) is 0 Å². The Balaban J connectivity index is 3.49. The minimum atomic E-state index is -3.58. The molecular weight excluding hydrogens is 411 g/mol. The highest BCUT2D eigenvalue weighted by molar-refractivity contribution is 7.48. The Morgan fingerprint density at radius 2 is 1.10 bits per heavy atom. The molecule has 0 aromatic heterocycles. The highest BCUT2D eigenvalue weighted by Crippen LogP contribution is 2.49. The van der Waals surface area contributed by atoms with E-state index in [9.17, 15) is 4.57 Å². The van der Waals surface area contributed by atoms with Gasteiger partial charge in [-0.2, -0.15) is 0 Å². The molecule has 188 valence electrons. The first-order valence-corrected chi connectivity index (χ1v) is 14.7. The van der Waals surface area contributed by atoms with Crippen LogP contribution in [0.3, 0.4) is 0 Å². The number of hydrogen-bond donors (Lipinski definition) is 0. The quantitative estimate of drug-likeness (QED) is 0.0582. The van der Waals surface area contributed by atoms with Gasteiger partial charge in [-0.1, -0.05) is 124 Å². The summed E-state index contributed by atoms with van der Waals surface area (Å²) in [5.41, 5.74) is 0. The fourth-order valence-electron chi connectivity index (χ4n) is 3.66. The number of unbranched alkanes of at least 4 members (excludes halogenated alkanes) is 15. The summed E-state index contributed by atoms with van der Waals surface area (Å²) in [6.45, 7) is 6.59. The topological polar surface area (TPSA) is 54.0 Å². The third-order valence-electron chi connectivity index (χ3n) is 5.78. The molecule has 0 amide bonds. The number of phosphoric acid groups is 1. The molecule has 0 heterocycles. The average molecular weight is 465 g/mol. The molecule has 0 saturated heterocycles. The Bertz CT molecular complexity index is 405. The van der Waals surface area contributed by atoms with Crippen molar-refractivity contribution in [1.29, 1.82) is 0 Å². The van der Waals surface area contributed by atoms with Crippen molar-refractivity contribution in [2.24, 2.45) is 0 Å². The second-order valence-electron chi connectivity index (χ2n) is 8.76. The van der Waals surface area contributed by atoms with Crippen molar-refractivity contribution < 1.29 is 23.2 Å². The van der Waals surface area contributed by atoms with Gasteiger partial charge in [-0.15, -0.1) is 4.67 Å². The summed E-state index contributed by atoms with van der Waals surface area (Å²) >= 11 is 0. The molecule has 31 heavy (non-hydrogen) atoms. The molecule has 0 N–H and O–H groups in total. The Morgan fingerprint density at radius 1 is 0.645 bits per heavy atom. The van der Waals surface area contributed by atoms with Gasteiger partial charge in [0.05, 0.1) is 12.7 Å². The fraction of sp³-hybridized carbons (Fsp3) is 1.00. The summed E-state index contributed by atoms with van der Waals surface area (Å²) in [6, 6.07) is 0. The largest absolute Gasteiger partial charge is 0.501 e. The van der Waals surface area contributed by atoms with Gasteiger partial charge in [-0.25, -0.2) is 9.45 Å². The first-order chi connectivity index (χ1) is 15.1. The van der Waals surface area contributed by atoms with Crippen LogP contribution in [0.2, 0.25) is 0 Å². The van der Waals surface area contributed by atoms with Crippen molar-refractivity contribution in [3.63, 3.8) is 0 Å². The van der Waals surface area contributed by atoms with Crippen LogP contribution in [-0.4, -0.2) is 19.8 Å². The lowest BCUT2D eigenvalue weighted by atomic mass is 10.0. The summed E-state index contributed by atoms with van der Waals surface area (Å²) in [4.78, 5) is 5.36. The van der Waals surface area contributed by atoms with E-state index in [1.807, 2.05) is 13.8 Å². The van der Waals surface area contributed by atoms with Crippen LogP contribution in [0, 0.1) is 0 Å². The lowest BCUT2D eigenvalue weighted by Gasteiger charge is -2.19. The highest BCUT2D eigenvalue weighted by atomic mass is 31.2. The summed E-state index contributed by atoms with van der Waals surface area (Å²) in [5.74, 6) is 0. The van der Waals surface area contributed by atoms with E-state index in [4.69, 9.17) is 18.6 Å². The van der Waals surface area contributed by atoms with Gasteiger partial charge >= 0.3 is 7.82 Å². The zero-order valence-electron chi connectivity index (χ0n) is 21.2. The van der Waals surface area contributed by atoms with Crippen LogP contribution >= 0.6 is 7.82 Å². The van der Waals surface area contributed by atoms with Crippen molar-refractivity contribution in [1.82, 2.24) is 0 Å². The van der Waals surface area contributed by atoms with Crippen LogP contribution in [0.1, 0.15) is 143 Å². The van der Waals surface area contributed by atoms with Crippen molar-refractivity contribution in [2.45, 2.75) is 149 Å². The summed E-state index contributed by atoms with van der Waals surface area (Å²) < 4.78 is 27.2. The number of hydrogen-bond acceptors (Lipinski definition) is 5. The molecule has 2 unspecified atom stereocenters. The van der Waals surface area contributed by atoms with Crippen LogP contribution in [0.4, 0.5) is 0 Å². The molecular formula is C25H53O5P. The molecule has 0 bridgehead atoms. The third kappa shape index (κ3) is 20.4. The van der Waals surface area contributed by atoms with E-state index in [0.29, 0.717) is 6.61 Å². The van der Waals surface area contributed by atoms with Gasteiger partial charge in [0.2, 0.25) is 0 Å². The van der Waals surface area contributed by atoms with Crippen molar-refractivity contribution in [2.75, 3.05) is 13.7 Å². The Kier molecular flexibility index (Phi) is 23.3. The normalized spacial score (nSPS) is 14.6. The Labute approximate surface area is 193 Å². The summed E-state index contributed by atoms with van der Waals surface area (Å²) in [6.07, 6.45) is 24.2. The molecule has 0 aliphatic rings. The molecule has 0 rings (SSSR count). The molecule has 0 aliphatic heterocycles. The second kappa shape index (κ2) is 23.2. The van der Waals surface area contributed by atoms with E-state index in [2.05, 4.69) is 6.92 Å². The van der Waals surface area contributed by atoms with Crippen LogP contribution in [-0.2, 0) is 23.2 Å². The molecule has 2 atom stereocenters. The van der Waals surface area contributed by atoms with Gasteiger partial charge < -0.3 is 0 Å². The highest BCUT2D eigenvalue weighted by Gasteiger charge is 2.27. The first kappa shape index (κ1) is 31.1. The molecule has 0 fully saturated rings. The van der Waals surface area contributed by atoms with E-state index in [-0.39, 0.29) is 6.10 Å². The van der Waals surface area contributed by atoms with Crippen LogP contribution < -0.4 is 0 Å². The van der Waals surface area contributed by atoms with Gasteiger partial charge in [0.25, 0.3) is 0 Å². The smallest absolute Gasteiger partial charge is 0.289 e. The van der Waals surface area contributed by atoms with E-state index in [1.54, 1.807) is 0 Å². The first-order valence-electron chi connectivity index (χ1n) is 13.3. The fourth-order valence-corrected chi connectivity index (χ4v) is 4.50. The maximum atomic E-state index is 12.2. The van der Waals surface area contributed by atoms with Gasteiger partial charge in [-0.05, 0) is 19.3 Å². The zero-order valence-corrected chi connectivity index (χ0v) is 22.1. The molecule has 0 aromatic carbocycles. The van der Waals surface area contributed by atoms with Crippen molar-refractivity contribution in [3.05, 3.63) is 0 Å². The lowest BCUT2D eigenvalue weighted by Crippen LogP contribution is -2.12. The maximum absolute atomic E-state index is 12.2. The SMILES string of the molecule is CCCCCCCCCCCCCCCCCCC(CC)OOP(=O)(OC)OCCC. The predicted molar refractivity (Wildman–Crippen MR) is 131 cm³/mol. The molecule has 0 saturated carbocycles. The minimum Gasteiger partial charge on any atom is -0.289 e. The molecule has 0 aromatic rings. The zero-order chi connectivity index (χ0) is 23.0. The summed E-state index contributed by atoms with van der Waals surface area (Å²) in [7, 11) is -2.27. The third-order valence-corrected chi connectivity index (χ3v) is 7.00. The number of rotatable bonds is 25. The van der Waals surface area contributed by atoms with Crippen LogP contribution in [0.5, 0.6) is 0 Å². The van der Waals surface area contributed by atoms with Crippen LogP contribution in [0.25, 0.3) is 0 Å². The summed E-state index contributed by atoms with van der Waals surface area (Å²) in [5, 5.41) is 0. The van der Waals surface area contributed by atoms with Gasteiger partial charge in [-0.3, -0.25) is 9.05 Å². The predicted octanol–water partition coefficient (Wildman–Crippen LogP) is 9.55. The standard InChI is InChI=1S/C25H53O5P/c1-5-8-9-10-11-12-13-14-15-16-17-18-19-20-21-22-23-25(7-3)29-30-31(26,27-4)28-24-6-2/h25H,5-24H2,1-4H3. The Morgan fingerprint density at radius 3 is 1.48 bits per heavy atom. The van der Waals surface area contributed by atoms with Crippen LogP contribution in [0.15, 0.2) is 0 Å². The lowest BCUT2D eigenvalue weighted by molar-refractivity contribution is -0.262. The minimum absolute atomic E-state index is 0.0691. The van der Waals surface area contributed by atoms with E-state index < -0.39 is 7.82 Å². The number of phosphoric ester groups is 1. The molecule has 6 heteroatoms. The van der Waals surface area contributed by atoms with E-state index >= 15 is 0 Å². The monoisotopic (exact) mass is 464 g/mol. The molecule has 0 radical (unpaired) electrons. The van der Waals surface area contributed by atoms with E-state index in [1.165, 1.54) is 103 Å². The average Bonchev–Trinajstić information content (AvgIpc) is 2.79. The molecule has 0 spiro atoms. The van der Waals surface area contributed by atoms with Gasteiger partial charge in [0.15, 0.2) is 0 Å². The van der Waals surface area contributed by atoms with Crippen molar-refractivity contribution >= 4 is 7.82 Å². The Hall–Kier alpha value is 0.0700. The molecule has 0 aliphatic carbocycles. The van der Waals surface area contributed by atoms with Gasteiger partial charge in [0.1, 0.15) is 0 Å². The second-order valence-corrected chi connectivity index (χ2v) is 10.4. The van der Waals surface area contributed by atoms with E-state index in [0.717, 1.165) is 25.7 Å².